The molecule has 0 amide bonds. The van der Waals surface area contributed by atoms with Crippen LogP contribution in [0.1, 0.15) is 58.2 Å². The molecule has 0 spiro atoms. The van der Waals surface area contributed by atoms with Crippen LogP contribution in [-0.2, 0) is 56.5 Å². The number of fused-ring (bicyclic) bond motifs is 1. The Labute approximate surface area is 351 Å². The molecule has 1 fully saturated rings. The number of aliphatic hydroxyl groups is 1. The van der Waals surface area contributed by atoms with Crippen LogP contribution >= 0.6 is 11.6 Å². The second kappa shape index (κ2) is 19.8. The van der Waals surface area contributed by atoms with E-state index in [-0.39, 0.29) is 6.61 Å². The van der Waals surface area contributed by atoms with E-state index >= 15 is 0 Å². The van der Waals surface area contributed by atoms with Crippen molar-refractivity contribution in [3.63, 3.8) is 0 Å². The molecule has 2 heterocycles. The van der Waals surface area contributed by atoms with Crippen molar-refractivity contribution in [2.45, 2.75) is 76.5 Å². The lowest BCUT2D eigenvalue weighted by Gasteiger charge is -2.46. The van der Waals surface area contributed by atoms with E-state index in [0.717, 1.165) is 45.1 Å². The zero-order chi connectivity index (χ0) is 40.4. The van der Waals surface area contributed by atoms with Gasteiger partial charge in [0, 0.05) is 17.1 Å². The zero-order valence-corrected chi connectivity index (χ0v) is 33.9. The molecule has 0 radical (unpaired) electrons. The molecule has 1 aliphatic heterocycles. The number of nitrogens with zero attached hydrogens (tertiary/aromatic N) is 1. The van der Waals surface area contributed by atoms with Crippen molar-refractivity contribution >= 4 is 22.5 Å². The lowest BCUT2D eigenvalue weighted by molar-refractivity contribution is -0.289. The Hall–Kier alpha value is -5.09. The zero-order valence-electron chi connectivity index (χ0n) is 33.2. The molecule has 1 N–H and O–H groups in total. The highest BCUT2D eigenvalue weighted by molar-refractivity contribution is 6.35. The number of aromatic nitrogens is 1. The van der Waals surface area contributed by atoms with E-state index in [9.17, 15) is 5.11 Å². The maximum absolute atomic E-state index is 12.1. The van der Waals surface area contributed by atoms with Crippen LogP contribution in [0.2, 0.25) is 5.02 Å². The number of rotatable bonds is 17. The molecule has 8 heteroatoms. The van der Waals surface area contributed by atoms with Crippen molar-refractivity contribution in [3.05, 3.63) is 214 Å². The summed E-state index contributed by atoms with van der Waals surface area (Å²) in [6.45, 7) is 3.70. The third kappa shape index (κ3) is 9.86. The van der Waals surface area contributed by atoms with Crippen LogP contribution in [0.3, 0.4) is 0 Å². The van der Waals surface area contributed by atoms with E-state index in [1.54, 1.807) is 0 Å². The van der Waals surface area contributed by atoms with Crippen LogP contribution in [-0.4, -0.2) is 40.7 Å². The van der Waals surface area contributed by atoms with E-state index in [2.05, 4.69) is 43.3 Å². The van der Waals surface area contributed by atoms with E-state index in [1.165, 1.54) is 5.56 Å². The van der Waals surface area contributed by atoms with E-state index < -0.39 is 36.7 Å². The van der Waals surface area contributed by atoms with Gasteiger partial charge in [-0.05, 0) is 51.9 Å². The molecule has 1 saturated heterocycles. The lowest BCUT2D eigenvalue weighted by atomic mass is 9.96. The Morgan fingerprint density at radius 1 is 0.576 bits per heavy atom. The van der Waals surface area contributed by atoms with Crippen molar-refractivity contribution < 1.29 is 28.8 Å². The fraction of sp³-hybridized carbons (Fsp3) is 0.255. The highest BCUT2D eigenvalue weighted by Gasteiger charge is 2.49. The molecule has 7 nitrogen and oxygen atoms in total. The van der Waals surface area contributed by atoms with Gasteiger partial charge >= 0.3 is 0 Å². The van der Waals surface area contributed by atoms with E-state index in [4.69, 9.17) is 35.3 Å². The monoisotopic (exact) mass is 807 g/mol. The van der Waals surface area contributed by atoms with Crippen LogP contribution < -0.4 is 0 Å². The van der Waals surface area contributed by atoms with E-state index in [0.29, 0.717) is 37.0 Å². The summed E-state index contributed by atoms with van der Waals surface area (Å²) in [6, 6.07) is 54.3. The number of aliphatic hydroxyl groups excluding tert-OH is 1. The van der Waals surface area contributed by atoms with Crippen molar-refractivity contribution in [2.75, 3.05) is 6.61 Å². The molecule has 6 atom stereocenters. The first-order valence-electron chi connectivity index (χ1n) is 20.3. The highest BCUT2D eigenvalue weighted by atomic mass is 35.5. The smallest absolute Gasteiger partial charge is 0.163 e. The van der Waals surface area contributed by atoms with Crippen molar-refractivity contribution in [2.24, 2.45) is 0 Å². The van der Waals surface area contributed by atoms with Crippen LogP contribution in [0.4, 0.5) is 0 Å². The van der Waals surface area contributed by atoms with Crippen LogP contribution in [0.5, 0.6) is 0 Å². The first-order chi connectivity index (χ1) is 29.1. The molecule has 8 rings (SSSR count). The van der Waals surface area contributed by atoms with Gasteiger partial charge in [-0.25, -0.2) is 0 Å². The molecular formula is C51H50ClNO6. The van der Waals surface area contributed by atoms with Gasteiger partial charge in [0.1, 0.15) is 30.5 Å². The number of benzene rings is 6. The molecule has 1 unspecified atom stereocenters. The Kier molecular flexibility index (Phi) is 13.6. The summed E-state index contributed by atoms with van der Waals surface area (Å²) >= 11 is 7.03. The van der Waals surface area contributed by atoms with Gasteiger partial charge in [-0.3, -0.25) is 0 Å². The van der Waals surface area contributed by atoms with Crippen molar-refractivity contribution in [1.29, 1.82) is 0 Å². The average molecular weight is 808 g/mol. The Morgan fingerprint density at radius 3 is 1.63 bits per heavy atom. The highest BCUT2D eigenvalue weighted by Crippen LogP contribution is 2.42. The predicted molar refractivity (Wildman–Crippen MR) is 232 cm³/mol. The van der Waals surface area contributed by atoms with Crippen LogP contribution in [0, 0.1) is 0 Å². The summed E-state index contributed by atoms with van der Waals surface area (Å²) in [6.07, 6.45) is -1.33. The Morgan fingerprint density at radius 2 is 1.08 bits per heavy atom. The number of halogens is 1. The minimum Gasteiger partial charge on any atom is -0.384 e. The van der Waals surface area contributed by atoms with Gasteiger partial charge in [0.15, 0.2) is 6.23 Å². The van der Waals surface area contributed by atoms with E-state index in [1.807, 2.05) is 138 Å². The number of hydrogen-bond acceptors (Lipinski definition) is 6. The minimum absolute atomic E-state index is 0.223. The van der Waals surface area contributed by atoms with Gasteiger partial charge in [0.05, 0.1) is 43.6 Å². The number of aryl methyl sites for hydroxylation is 1. The summed E-state index contributed by atoms with van der Waals surface area (Å²) < 4.78 is 36.7. The Balaban J connectivity index is 1.23. The summed E-state index contributed by atoms with van der Waals surface area (Å²) in [5, 5.41) is 13.3. The maximum Gasteiger partial charge on any atom is 0.163 e. The topological polar surface area (TPSA) is 71.3 Å². The quantitative estimate of drug-likeness (QED) is 0.0988. The first-order valence-corrected chi connectivity index (χ1v) is 20.7. The summed E-state index contributed by atoms with van der Waals surface area (Å²) in [4.78, 5) is 0. The van der Waals surface area contributed by atoms with Gasteiger partial charge < -0.3 is 33.4 Å². The fourth-order valence-corrected chi connectivity index (χ4v) is 8.10. The maximum atomic E-state index is 12.1. The molecular weight excluding hydrogens is 758 g/mol. The third-order valence-corrected chi connectivity index (χ3v) is 11.3. The average Bonchev–Trinajstić information content (AvgIpc) is 3.69. The molecule has 1 aromatic heterocycles. The molecule has 6 aromatic carbocycles. The van der Waals surface area contributed by atoms with Crippen LogP contribution in [0.25, 0.3) is 10.9 Å². The first kappa shape index (κ1) is 40.7. The molecule has 0 bridgehead atoms. The normalized spacial score (nSPS) is 19.8. The molecule has 7 aromatic rings. The predicted octanol–water partition coefficient (Wildman–Crippen LogP) is 10.8. The summed E-state index contributed by atoms with van der Waals surface area (Å²) in [5.74, 6) is 0. The molecule has 302 valence electrons. The third-order valence-electron chi connectivity index (χ3n) is 11.0. The van der Waals surface area contributed by atoms with Crippen molar-refractivity contribution in [1.82, 2.24) is 4.57 Å². The number of ether oxygens (including phenoxy) is 5. The SMILES string of the molecule is CCc1ccc(C(O)c2cn([C@@H]3O[C@H](COCc4ccccc4)[C@@H](OCc4ccccc4)[C@H](OCc4ccccc4)[C@H]3OCc3ccccc3)c3cccc(Cl)c23)cc1. The number of hydrogen-bond donors (Lipinski definition) is 1. The minimum atomic E-state index is -0.950. The molecule has 1 aliphatic rings. The summed E-state index contributed by atoms with van der Waals surface area (Å²) in [7, 11) is 0. The summed E-state index contributed by atoms with van der Waals surface area (Å²) in [5.41, 5.74) is 7.54. The van der Waals surface area contributed by atoms with Crippen LogP contribution in [0.15, 0.2) is 170 Å². The van der Waals surface area contributed by atoms with Gasteiger partial charge in [0.2, 0.25) is 0 Å². The second-order valence-corrected chi connectivity index (χ2v) is 15.4. The molecule has 0 saturated carbocycles. The standard InChI is InChI=1S/C51H50ClNO6/c1-2-36-26-28-41(29-27-36)47(54)42-30-53(44-25-15-24-43(52)46(42)44)51-50(58-34-40-22-13-6-14-23-40)49(57-33-39-20-11-5-12-21-39)48(56-32-38-18-9-4-10-19-38)45(59-51)35-55-31-37-16-7-3-8-17-37/h3-30,45,47-51,54H,2,31-35H2,1H3/t45-,47?,48-,49+,50-,51-/m1/s1. The van der Waals surface area contributed by atoms with Crippen molar-refractivity contribution in [3.8, 4) is 0 Å². The fourth-order valence-electron chi connectivity index (χ4n) is 7.82. The van der Waals surface area contributed by atoms with Gasteiger partial charge in [-0.1, -0.05) is 170 Å². The lowest BCUT2D eigenvalue weighted by Crippen LogP contribution is -2.59. The van der Waals surface area contributed by atoms with Gasteiger partial charge in [-0.2, -0.15) is 0 Å². The van der Waals surface area contributed by atoms with Gasteiger partial charge in [0.25, 0.3) is 0 Å². The van der Waals surface area contributed by atoms with Gasteiger partial charge in [-0.15, -0.1) is 0 Å². The second-order valence-electron chi connectivity index (χ2n) is 15.0. The molecule has 0 aliphatic carbocycles. The Bertz CT molecular complexity index is 2340. The largest absolute Gasteiger partial charge is 0.384 e. The molecule has 59 heavy (non-hydrogen) atoms.